The van der Waals surface area contributed by atoms with E-state index in [9.17, 15) is 14.4 Å². The number of hydrogen-bond acceptors (Lipinski definition) is 6. The van der Waals surface area contributed by atoms with Crippen LogP contribution in [0.15, 0.2) is 33.5 Å². The first-order valence-corrected chi connectivity index (χ1v) is 12.0. The second-order valence-electron chi connectivity index (χ2n) is 9.04. The van der Waals surface area contributed by atoms with E-state index in [1.807, 2.05) is 6.07 Å². The van der Waals surface area contributed by atoms with E-state index in [1.165, 1.54) is 12.5 Å². The highest BCUT2D eigenvalue weighted by Gasteiger charge is 2.26. The van der Waals surface area contributed by atoms with Crippen LogP contribution in [0, 0.1) is 5.92 Å². The summed E-state index contributed by atoms with van der Waals surface area (Å²) in [6.45, 7) is 4.37. The minimum Gasteiger partial charge on any atom is -0.450 e. The summed E-state index contributed by atoms with van der Waals surface area (Å²) in [5.41, 5.74) is 1.42. The predicted molar refractivity (Wildman–Crippen MR) is 126 cm³/mol. The molecule has 1 aromatic carbocycles. The molecule has 1 aromatic heterocycles. The molecule has 8 heteroatoms. The summed E-state index contributed by atoms with van der Waals surface area (Å²) in [5, 5.41) is 6.74. The zero-order valence-electron chi connectivity index (χ0n) is 19.2. The van der Waals surface area contributed by atoms with Crippen LogP contribution >= 0.6 is 0 Å². The maximum atomic E-state index is 12.5. The normalized spacial score (nSPS) is 18.2. The van der Waals surface area contributed by atoms with Gasteiger partial charge in [0, 0.05) is 54.8 Å². The fourth-order valence-electron chi connectivity index (χ4n) is 4.88. The summed E-state index contributed by atoms with van der Waals surface area (Å²) in [7, 11) is 0. The molecule has 1 aliphatic carbocycles. The van der Waals surface area contributed by atoms with Gasteiger partial charge in [0.25, 0.3) is 0 Å². The van der Waals surface area contributed by atoms with E-state index in [0.29, 0.717) is 17.8 Å². The van der Waals surface area contributed by atoms with Gasteiger partial charge in [-0.3, -0.25) is 15.0 Å². The molecule has 2 aromatic rings. The van der Waals surface area contributed by atoms with Gasteiger partial charge in [-0.05, 0) is 50.3 Å². The molecule has 1 saturated carbocycles. The van der Waals surface area contributed by atoms with Crippen molar-refractivity contribution in [1.29, 1.82) is 0 Å². The first kappa shape index (κ1) is 23.3. The number of benzene rings is 1. The quantitative estimate of drug-likeness (QED) is 0.638. The maximum Gasteiger partial charge on any atom is 0.411 e. The summed E-state index contributed by atoms with van der Waals surface area (Å²) >= 11 is 0. The van der Waals surface area contributed by atoms with Gasteiger partial charge in [0.1, 0.15) is 5.58 Å². The molecule has 1 aliphatic heterocycles. The molecule has 1 saturated heterocycles. The SMILES string of the molecule is CCOC(=O)Nc1ccc2c(CN3CCC(NC(=O)C4CCCCC4)CC3)cc(=O)oc2c1. The van der Waals surface area contributed by atoms with Gasteiger partial charge in [0.2, 0.25) is 5.91 Å². The lowest BCUT2D eigenvalue weighted by molar-refractivity contribution is -0.127. The summed E-state index contributed by atoms with van der Waals surface area (Å²) in [6, 6.07) is 7.04. The van der Waals surface area contributed by atoms with Crippen LogP contribution in [0.4, 0.5) is 10.5 Å². The largest absolute Gasteiger partial charge is 0.450 e. The highest BCUT2D eigenvalue weighted by atomic mass is 16.5. The van der Waals surface area contributed by atoms with Crippen LogP contribution in [-0.4, -0.2) is 42.6 Å². The van der Waals surface area contributed by atoms with Crippen molar-refractivity contribution < 1.29 is 18.7 Å². The van der Waals surface area contributed by atoms with Gasteiger partial charge in [0.15, 0.2) is 0 Å². The number of carbonyl (C=O) groups excluding carboxylic acids is 2. The first-order chi connectivity index (χ1) is 16.0. The molecule has 8 nitrogen and oxygen atoms in total. The Bertz CT molecular complexity index is 1040. The van der Waals surface area contributed by atoms with Crippen LogP contribution < -0.4 is 16.3 Å². The third-order valence-electron chi connectivity index (χ3n) is 6.66. The molecule has 4 rings (SSSR count). The Morgan fingerprint density at radius 1 is 1.09 bits per heavy atom. The Kier molecular flexibility index (Phi) is 7.65. The van der Waals surface area contributed by atoms with Crippen molar-refractivity contribution in [3.63, 3.8) is 0 Å². The zero-order chi connectivity index (χ0) is 23.2. The Balaban J connectivity index is 1.36. The van der Waals surface area contributed by atoms with Gasteiger partial charge in [0.05, 0.1) is 6.61 Å². The number of piperidine rings is 1. The van der Waals surface area contributed by atoms with E-state index in [1.54, 1.807) is 19.1 Å². The third-order valence-corrected chi connectivity index (χ3v) is 6.66. The number of amides is 2. The lowest BCUT2D eigenvalue weighted by Gasteiger charge is -2.33. The number of fused-ring (bicyclic) bond motifs is 1. The van der Waals surface area contributed by atoms with E-state index in [2.05, 4.69) is 15.5 Å². The number of carbonyl (C=O) groups is 2. The molecule has 2 fully saturated rings. The first-order valence-electron chi connectivity index (χ1n) is 12.0. The number of hydrogen-bond donors (Lipinski definition) is 2. The molecule has 2 amide bonds. The number of likely N-dealkylation sites (tertiary alicyclic amines) is 1. The molecule has 33 heavy (non-hydrogen) atoms. The molecule has 0 bridgehead atoms. The molecule has 2 aliphatic rings. The number of rotatable bonds is 6. The average Bonchev–Trinajstić information content (AvgIpc) is 2.80. The lowest BCUT2D eigenvalue weighted by atomic mass is 9.88. The molecule has 178 valence electrons. The van der Waals surface area contributed by atoms with Crippen LogP contribution in [0.2, 0.25) is 0 Å². The number of nitrogens with zero attached hydrogens (tertiary/aromatic N) is 1. The summed E-state index contributed by atoms with van der Waals surface area (Å²) in [5.74, 6) is 0.418. The maximum absolute atomic E-state index is 12.5. The summed E-state index contributed by atoms with van der Waals surface area (Å²) in [4.78, 5) is 38.7. The summed E-state index contributed by atoms with van der Waals surface area (Å²) < 4.78 is 10.3. The van der Waals surface area contributed by atoms with Gasteiger partial charge in [-0.15, -0.1) is 0 Å². The fourth-order valence-corrected chi connectivity index (χ4v) is 4.88. The standard InChI is InChI=1S/C25H33N3O5/c1-2-32-25(31)27-20-8-9-21-18(14-23(29)33-22(21)15-20)16-28-12-10-19(11-13-28)26-24(30)17-6-4-3-5-7-17/h8-9,14-15,17,19H,2-7,10-13,16H2,1H3,(H,26,30)(H,27,31). The van der Waals surface area contributed by atoms with E-state index in [0.717, 1.165) is 62.6 Å². The number of anilines is 1. The van der Waals surface area contributed by atoms with E-state index in [-0.39, 0.29) is 24.5 Å². The minimum absolute atomic E-state index is 0.190. The third kappa shape index (κ3) is 6.13. The average molecular weight is 456 g/mol. The van der Waals surface area contributed by atoms with Gasteiger partial charge in [-0.2, -0.15) is 0 Å². The van der Waals surface area contributed by atoms with Crippen molar-refractivity contribution in [3.05, 3.63) is 40.2 Å². The molecule has 0 atom stereocenters. The van der Waals surface area contributed by atoms with Gasteiger partial charge in [-0.1, -0.05) is 19.3 Å². The number of ether oxygens (including phenoxy) is 1. The lowest BCUT2D eigenvalue weighted by Crippen LogP contribution is -2.46. The molecule has 0 unspecified atom stereocenters. The second-order valence-corrected chi connectivity index (χ2v) is 9.04. The van der Waals surface area contributed by atoms with Crippen LogP contribution in [0.3, 0.4) is 0 Å². The minimum atomic E-state index is -0.547. The van der Waals surface area contributed by atoms with Crippen LogP contribution in [-0.2, 0) is 16.1 Å². The van der Waals surface area contributed by atoms with Crippen molar-refractivity contribution in [2.45, 2.75) is 64.5 Å². The second kappa shape index (κ2) is 10.8. The molecule has 2 N–H and O–H groups in total. The molecule has 0 spiro atoms. The van der Waals surface area contributed by atoms with Gasteiger partial charge < -0.3 is 14.5 Å². The molecule has 2 heterocycles. The van der Waals surface area contributed by atoms with E-state index in [4.69, 9.17) is 9.15 Å². The van der Waals surface area contributed by atoms with Crippen LogP contribution in [0.1, 0.15) is 57.4 Å². The Hall–Kier alpha value is -2.87. The van der Waals surface area contributed by atoms with Crippen LogP contribution in [0.5, 0.6) is 0 Å². The topological polar surface area (TPSA) is 101 Å². The van der Waals surface area contributed by atoms with Crippen molar-refractivity contribution in [2.75, 3.05) is 25.0 Å². The fraction of sp³-hybridized carbons (Fsp3) is 0.560. The Morgan fingerprint density at radius 3 is 2.58 bits per heavy atom. The van der Waals surface area contributed by atoms with Crippen LogP contribution in [0.25, 0.3) is 11.0 Å². The monoisotopic (exact) mass is 455 g/mol. The molecular weight excluding hydrogens is 422 g/mol. The zero-order valence-corrected chi connectivity index (χ0v) is 19.2. The number of nitrogens with one attached hydrogen (secondary N) is 2. The highest BCUT2D eigenvalue weighted by Crippen LogP contribution is 2.26. The Morgan fingerprint density at radius 2 is 1.85 bits per heavy atom. The Labute approximate surface area is 193 Å². The van der Waals surface area contributed by atoms with Crippen molar-refractivity contribution >= 4 is 28.7 Å². The van der Waals surface area contributed by atoms with Crippen molar-refractivity contribution in [2.24, 2.45) is 5.92 Å². The van der Waals surface area contributed by atoms with E-state index >= 15 is 0 Å². The van der Waals surface area contributed by atoms with Gasteiger partial charge in [-0.25, -0.2) is 9.59 Å². The van der Waals surface area contributed by atoms with Gasteiger partial charge >= 0.3 is 11.7 Å². The van der Waals surface area contributed by atoms with Crippen molar-refractivity contribution in [1.82, 2.24) is 10.2 Å². The molecule has 0 radical (unpaired) electrons. The van der Waals surface area contributed by atoms with E-state index < -0.39 is 11.7 Å². The predicted octanol–water partition coefficient (Wildman–Crippen LogP) is 4.02. The van der Waals surface area contributed by atoms with Crippen molar-refractivity contribution in [3.8, 4) is 0 Å². The summed E-state index contributed by atoms with van der Waals surface area (Å²) in [6.07, 6.45) is 6.88. The highest BCUT2D eigenvalue weighted by molar-refractivity contribution is 5.90. The smallest absolute Gasteiger partial charge is 0.411 e. The molecular formula is C25H33N3O5.